The Morgan fingerprint density at radius 3 is 1.58 bits per heavy atom. The van der Waals surface area contributed by atoms with Gasteiger partial charge in [-0.3, -0.25) is 0 Å². The topological polar surface area (TPSA) is 0 Å². The highest BCUT2D eigenvalue weighted by Gasteiger charge is 1.91. The van der Waals surface area contributed by atoms with Crippen LogP contribution >= 0.6 is 23.5 Å². The summed E-state index contributed by atoms with van der Waals surface area (Å²) >= 11 is 2.19. The molecular formula is C10H10S2. The highest BCUT2D eigenvalue weighted by Crippen LogP contribution is 2.23. The third kappa shape index (κ3) is 2.80. The summed E-state index contributed by atoms with van der Waals surface area (Å²) in [5.41, 5.74) is 0. The summed E-state index contributed by atoms with van der Waals surface area (Å²) in [6, 6.07) is -0.129. The van der Waals surface area contributed by atoms with Gasteiger partial charge >= 0.3 is 0 Å². The van der Waals surface area contributed by atoms with Crippen LogP contribution in [0, 0.1) is 0 Å². The molecule has 62 valence electrons. The normalized spacial score (nSPS) is 14.0. The van der Waals surface area contributed by atoms with Crippen LogP contribution in [0.5, 0.6) is 0 Å². The maximum atomic E-state index is 7.75. The third-order valence-corrected chi connectivity index (χ3v) is 2.19. The summed E-state index contributed by atoms with van der Waals surface area (Å²) in [6.07, 6.45) is 0. The van der Waals surface area contributed by atoms with E-state index >= 15 is 0 Å². The Balaban J connectivity index is 3.48. The van der Waals surface area contributed by atoms with Crippen LogP contribution in [0.1, 0.15) is 5.48 Å². The van der Waals surface area contributed by atoms with Crippen LogP contribution in [0.15, 0.2) is 57.9 Å². The van der Waals surface area contributed by atoms with Crippen LogP contribution in [0.25, 0.3) is 0 Å². The predicted molar refractivity (Wildman–Crippen MR) is 58.6 cm³/mol. The van der Waals surface area contributed by atoms with Gasteiger partial charge in [-0.25, -0.2) is 0 Å². The first kappa shape index (κ1) is 5.20. The smallest absolute Gasteiger partial charge is 0.0635 e. The van der Waals surface area contributed by atoms with Crippen LogP contribution in [-0.4, -0.2) is 0 Å². The molecule has 2 heteroatoms. The minimum absolute atomic E-state index is 0.0322. The summed E-state index contributed by atoms with van der Waals surface area (Å²) in [6.45, 7) is 7.02. The Labute approximate surface area is 87.4 Å². The second-order valence-electron chi connectivity index (χ2n) is 1.73. The lowest BCUT2D eigenvalue weighted by atomic mass is 10.4. The van der Waals surface area contributed by atoms with E-state index < -0.39 is 0 Å². The number of thioether (sulfide) groups is 2. The Bertz CT molecular complexity index is 373. The zero-order valence-corrected chi connectivity index (χ0v) is 8.02. The summed E-state index contributed by atoms with van der Waals surface area (Å²) in [7, 11) is 0. The molecule has 0 amide bonds. The van der Waals surface area contributed by atoms with Gasteiger partial charge in [0.05, 0.1) is 5.48 Å². The first-order valence-corrected chi connectivity index (χ1v) is 4.96. The molecule has 0 fully saturated rings. The van der Waals surface area contributed by atoms with Gasteiger partial charge in [0, 0.05) is 9.79 Å². The number of rotatable bonds is 4. The molecule has 1 aromatic carbocycles. The lowest BCUT2D eigenvalue weighted by Gasteiger charge is -1.97. The predicted octanol–water partition coefficient (Wildman–Crippen LogP) is 4.16. The maximum Gasteiger partial charge on any atom is 0.0635 e. The molecule has 0 nitrogen and oxygen atoms in total. The van der Waals surface area contributed by atoms with Crippen LogP contribution in [0.4, 0.5) is 0 Å². The molecule has 0 saturated carbocycles. The van der Waals surface area contributed by atoms with Crippen molar-refractivity contribution in [3.05, 3.63) is 48.1 Å². The van der Waals surface area contributed by atoms with Gasteiger partial charge in [0.25, 0.3) is 0 Å². The summed E-state index contributed by atoms with van der Waals surface area (Å²) < 4.78 is 31.0. The van der Waals surface area contributed by atoms with Crippen molar-refractivity contribution in [3.63, 3.8) is 0 Å². The fourth-order valence-electron chi connectivity index (χ4n) is 0.574. The molecule has 0 aromatic heterocycles. The molecule has 0 bridgehead atoms. The zero-order chi connectivity index (χ0) is 12.3. The molecule has 0 radical (unpaired) electrons. The summed E-state index contributed by atoms with van der Waals surface area (Å²) in [5.74, 6) is 0. The quantitative estimate of drug-likeness (QED) is 0.666. The Morgan fingerprint density at radius 1 is 1.00 bits per heavy atom. The van der Waals surface area contributed by atoms with Gasteiger partial charge in [-0.15, -0.1) is 0 Å². The van der Waals surface area contributed by atoms with E-state index in [4.69, 9.17) is 5.48 Å². The average Bonchev–Trinajstić information content (AvgIpc) is 2.28. The van der Waals surface area contributed by atoms with Gasteiger partial charge in [0.15, 0.2) is 0 Å². The van der Waals surface area contributed by atoms with E-state index in [0.717, 1.165) is 23.5 Å². The molecule has 0 heterocycles. The van der Waals surface area contributed by atoms with E-state index in [2.05, 4.69) is 13.2 Å². The molecule has 0 aliphatic carbocycles. The van der Waals surface area contributed by atoms with Gasteiger partial charge in [-0.1, -0.05) is 36.7 Å². The first-order chi connectivity index (χ1) is 7.54. The van der Waals surface area contributed by atoms with Gasteiger partial charge in [0.1, 0.15) is 0 Å². The highest BCUT2D eigenvalue weighted by atomic mass is 32.2. The lowest BCUT2D eigenvalue weighted by Crippen LogP contribution is -1.69. The van der Waals surface area contributed by atoms with Crippen molar-refractivity contribution in [2.75, 3.05) is 0 Å². The molecule has 0 spiro atoms. The van der Waals surface area contributed by atoms with E-state index in [-0.39, 0.29) is 24.2 Å². The lowest BCUT2D eigenvalue weighted by molar-refractivity contribution is 1.36. The van der Waals surface area contributed by atoms with Crippen LogP contribution in [0.3, 0.4) is 0 Å². The minimum Gasteiger partial charge on any atom is -0.0987 e. The molecule has 0 N–H and O–H groups in total. The van der Waals surface area contributed by atoms with Gasteiger partial charge in [-0.2, -0.15) is 0 Å². The number of hydrogen-bond donors (Lipinski definition) is 0. The average molecular weight is 198 g/mol. The molecule has 1 rings (SSSR count). The van der Waals surface area contributed by atoms with E-state index in [9.17, 15) is 0 Å². The van der Waals surface area contributed by atoms with Gasteiger partial charge in [0.2, 0.25) is 0 Å². The van der Waals surface area contributed by atoms with E-state index in [1.165, 1.54) is 10.8 Å². The molecule has 0 saturated heterocycles. The summed E-state index contributed by atoms with van der Waals surface area (Å²) in [4.78, 5) is 0.608. The number of benzene rings is 1. The number of hydrogen-bond acceptors (Lipinski definition) is 2. The third-order valence-electron chi connectivity index (χ3n) is 0.981. The monoisotopic (exact) mass is 198 g/mol. The molecule has 0 aliphatic rings. The zero-order valence-electron chi connectivity index (χ0n) is 10.4. The maximum absolute atomic E-state index is 7.75. The second-order valence-corrected chi connectivity index (χ2v) is 3.68. The van der Waals surface area contributed by atoms with Crippen molar-refractivity contribution in [2.24, 2.45) is 0 Å². The molecular weight excluding hydrogens is 184 g/mol. The van der Waals surface area contributed by atoms with Crippen LogP contribution in [0.2, 0.25) is 0 Å². The fourth-order valence-corrected chi connectivity index (χ4v) is 1.35. The van der Waals surface area contributed by atoms with E-state index in [1.54, 1.807) is 0 Å². The van der Waals surface area contributed by atoms with Crippen molar-refractivity contribution < 1.29 is 5.48 Å². The Kier molecular flexibility index (Phi) is 2.22. The van der Waals surface area contributed by atoms with Crippen molar-refractivity contribution >= 4 is 23.5 Å². The molecule has 0 aliphatic heterocycles. The summed E-state index contributed by atoms with van der Waals surface area (Å²) in [5, 5.41) is 2.98. The highest BCUT2D eigenvalue weighted by molar-refractivity contribution is 8.02. The Hall–Kier alpha value is -0.600. The van der Waals surface area contributed by atoms with E-state index in [1.807, 2.05) is 0 Å². The molecule has 1 aromatic rings. The van der Waals surface area contributed by atoms with Gasteiger partial charge in [-0.05, 0) is 35.0 Å². The van der Waals surface area contributed by atoms with Crippen LogP contribution in [-0.2, 0) is 0 Å². The second kappa shape index (κ2) is 5.12. The van der Waals surface area contributed by atoms with Crippen molar-refractivity contribution in [1.82, 2.24) is 0 Å². The SMILES string of the molecule is [2H]c1c([2H])c(SC=C)c([2H])c([2H])c1SC=C. The molecule has 0 atom stereocenters. The van der Waals surface area contributed by atoms with Crippen molar-refractivity contribution in [1.29, 1.82) is 0 Å². The fraction of sp³-hybridized carbons (Fsp3) is 0. The molecule has 12 heavy (non-hydrogen) atoms. The first-order valence-electron chi connectivity index (χ1n) is 5.20. The van der Waals surface area contributed by atoms with Crippen molar-refractivity contribution in [2.45, 2.75) is 9.79 Å². The van der Waals surface area contributed by atoms with Gasteiger partial charge < -0.3 is 0 Å². The standard InChI is InChI=1S/C10H10S2/c1-3-11-9-5-7-10(8-6-9)12-4-2/h3-8H,1-2H2/i5D,6D,7D,8D. The van der Waals surface area contributed by atoms with E-state index in [0.29, 0.717) is 9.79 Å². The van der Waals surface area contributed by atoms with Crippen molar-refractivity contribution in [3.8, 4) is 0 Å². The largest absolute Gasteiger partial charge is 0.0987 e. The minimum atomic E-state index is -0.0322. The Morgan fingerprint density at radius 2 is 1.33 bits per heavy atom. The van der Waals surface area contributed by atoms with Crippen LogP contribution < -0.4 is 0 Å². The molecule has 0 unspecified atom stereocenters.